The van der Waals surface area contributed by atoms with E-state index in [9.17, 15) is 14.3 Å². The average Bonchev–Trinajstić information content (AvgIpc) is 2.47. The molecule has 0 radical (unpaired) electrons. The molecular weight excluding hydrogens is 269 g/mol. The molecule has 1 amide bonds. The van der Waals surface area contributed by atoms with E-state index in [0.29, 0.717) is 0 Å². The highest BCUT2D eigenvalue weighted by atomic mass is 19.1. The molecule has 2 rings (SSSR count). The quantitative estimate of drug-likeness (QED) is 0.895. The Balaban J connectivity index is 2.35. The molecule has 0 fully saturated rings. The van der Waals surface area contributed by atoms with Gasteiger partial charge >= 0.3 is 0 Å². The van der Waals surface area contributed by atoms with Crippen LogP contribution in [-0.4, -0.2) is 11.0 Å². The average molecular weight is 287 g/mol. The molecule has 21 heavy (non-hydrogen) atoms. The number of aryl methyl sites for hydroxylation is 2. The lowest BCUT2D eigenvalue weighted by Gasteiger charge is -2.14. The van der Waals surface area contributed by atoms with E-state index < -0.39 is 11.7 Å². The first kappa shape index (κ1) is 15.0. The van der Waals surface area contributed by atoms with Crippen molar-refractivity contribution in [2.24, 2.45) is 0 Å². The highest BCUT2D eigenvalue weighted by molar-refractivity contribution is 6.05. The first-order valence-corrected chi connectivity index (χ1v) is 6.97. The summed E-state index contributed by atoms with van der Waals surface area (Å²) in [6.07, 6.45) is 1.56. The molecule has 2 N–H and O–H groups in total. The molecule has 0 saturated carbocycles. The number of aromatic hydroxyl groups is 1. The van der Waals surface area contributed by atoms with Crippen LogP contribution in [0.2, 0.25) is 0 Å². The number of benzene rings is 2. The van der Waals surface area contributed by atoms with Gasteiger partial charge in [-0.05, 0) is 36.1 Å². The molecule has 0 bridgehead atoms. The van der Waals surface area contributed by atoms with Gasteiger partial charge < -0.3 is 10.4 Å². The predicted molar refractivity (Wildman–Crippen MR) is 81.2 cm³/mol. The van der Waals surface area contributed by atoms with Gasteiger partial charge in [0.05, 0.1) is 5.56 Å². The van der Waals surface area contributed by atoms with Crippen molar-refractivity contribution < 1.29 is 14.3 Å². The number of carbonyl (C=O) groups excluding carboxylic acids is 1. The van der Waals surface area contributed by atoms with E-state index in [0.717, 1.165) is 35.7 Å². The van der Waals surface area contributed by atoms with Crippen molar-refractivity contribution >= 4 is 11.6 Å². The third kappa shape index (κ3) is 3.21. The van der Waals surface area contributed by atoms with Gasteiger partial charge in [0.25, 0.3) is 5.91 Å². The molecule has 0 aliphatic rings. The van der Waals surface area contributed by atoms with E-state index in [1.165, 1.54) is 12.1 Å². The number of phenolic OH excluding ortho intramolecular Hbond substituents is 1. The van der Waals surface area contributed by atoms with E-state index in [4.69, 9.17) is 0 Å². The van der Waals surface area contributed by atoms with Gasteiger partial charge in [-0.25, -0.2) is 4.39 Å². The molecule has 0 spiro atoms. The summed E-state index contributed by atoms with van der Waals surface area (Å²) in [7, 11) is 0. The standard InChI is InChI=1S/C17H18FNO2/c1-3-11-6-5-7-12(4-2)16(11)19-17(21)14-9-8-13(20)10-15(14)18/h5-10,20H,3-4H2,1-2H3,(H,19,21). The minimum Gasteiger partial charge on any atom is -0.508 e. The normalized spacial score (nSPS) is 10.4. The van der Waals surface area contributed by atoms with Crippen molar-refractivity contribution in [1.82, 2.24) is 0 Å². The molecule has 2 aromatic rings. The van der Waals surface area contributed by atoms with Crippen LogP contribution in [0.4, 0.5) is 10.1 Å². The third-order valence-corrected chi connectivity index (χ3v) is 3.43. The smallest absolute Gasteiger partial charge is 0.258 e. The largest absolute Gasteiger partial charge is 0.508 e. The van der Waals surface area contributed by atoms with E-state index in [2.05, 4.69) is 5.32 Å². The molecule has 4 heteroatoms. The molecule has 0 unspecified atom stereocenters. The summed E-state index contributed by atoms with van der Waals surface area (Å²) >= 11 is 0. The van der Waals surface area contributed by atoms with Crippen LogP contribution in [0.1, 0.15) is 35.3 Å². The number of para-hydroxylation sites is 1. The number of hydrogen-bond donors (Lipinski definition) is 2. The number of anilines is 1. The Kier molecular flexibility index (Phi) is 4.58. The number of nitrogens with one attached hydrogen (secondary N) is 1. The summed E-state index contributed by atoms with van der Waals surface area (Å²) in [5.41, 5.74) is 2.70. The van der Waals surface area contributed by atoms with Crippen molar-refractivity contribution in [2.45, 2.75) is 26.7 Å². The minimum atomic E-state index is -0.737. The van der Waals surface area contributed by atoms with Crippen LogP contribution in [0.5, 0.6) is 5.75 Å². The molecule has 0 aliphatic carbocycles. The van der Waals surface area contributed by atoms with Gasteiger partial charge in [-0.2, -0.15) is 0 Å². The number of hydrogen-bond acceptors (Lipinski definition) is 2. The van der Waals surface area contributed by atoms with Crippen LogP contribution >= 0.6 is 0 Å². The van der Waals surface area contributed by atoms with Crippen LogP contribution < -0.4 is 5.32 Å². The molecule has 0 aromatic heterocycles. The summed E-state index contributed by atoms with van der Waals surface area (Å²) in [6.45, 7) is 4.01. The molecule has 0 aliphatic heterocycles. The van der Waals surface area contributed by atoms with Gasteiger partial charge in [0.2, 0.25) is 0 Å². The fourth-order valence-corrected chi connectivity index (χ4v) is 2.27. The van der Waals surface area contributed by atoms with E-state index in [1.54, 1.807) is 0 Å². The van der Waals surface area contributed by atoms with Crippen molar-refractivity contribution in [3.63, 3.8) is 0 Å². The van der Waals surface area contributed by atoms with E-state index in [-0.39, 0.29) is 11.3 Å². The van der Waals surface area contributed by atoms with E-state index >= 15 is 0 Å². The van der Waals surface area contributed by atoms with Crippen LogP contribution in [0.15, 0.2) is 36.4 Å². The maximum Gasteiger partial charge on any atom is 0.258 e. The van der Waals surface area contributed by atoms with Gasteiger partial charge in [-0.3, -0.25) is 4.79 Å². The first-order valence-electron chi connectivity index (χ1n) is 6.97. The monoisotopic (exact) mass is 287 g/mol. The second kappa shape index (κ2) is 6.39. The molecule has 2 aromatic carbocycles. The number of carbonyl (C=O) groups is 1. The fourth-order valence-electron chi connectivity index (χ4n) is 2.27. The Morgan fingerprint density at radius 2 is 1.76 bits per heavy atom. The lowest BCUT2D eigenvalue weighted by molar-refractivity contribution is 0.102. The van der Waals surface area contributed by atoms with Crippen molar-refractivity contribution in [2.75, 3.05) is 5.32 Å². The van der Waals surface area contributed by atoms with Crippen LogP contribution in [0.3, 0.4) is 0 Å². The number of phenols is 1. The van der Waals surface area contributed by atoms with Crippen LogP contribution in [-0.2, 0) is 12.8 Å². The molecule has 0 saturated heterocycles. The highest BCUT2D eigenvalue weighted by Crippen LogP contribution is 2.24. The Morgan fingerprint density at radius 1 is 1.14 bits per heavy atom. The Hall–Kier alpha value is -2.36. The van der Waals surface area contributed by atoms with Gasteiger partial charge in [0.15, 0.2) is 0 Å². The topological polar surface area (TPSA) is 49.3 Å². The van der Waals surface area contributed by atoms with Crippen LogP contribution in [0, 0.1) is 5.82 Å². The first-order chi connectivity index (χ1) is 10.1. The highest BCUT2D eigenvalue weighted by Gasteiger charge is 2.15. The third-order valence-electron chi connectivity index (χ3n) is 3.43. The second-order valence-electron chi connectivity index (χ2n) is 4.78. The van der Waals surface area contributed by atoms with Crippen molar-refractivity contribution in [3.05, 3.63) is 58.9 Å². The minimum absolute atomic E-state index is 0.0826. The Bertz CT molecular complexity index is 646. The predicted octanol–water partition coefficient (Wildman–Crippen LogP) is 3.91. The molecule has 3 nitrogen and oxygen atoms in total. The maximum atomic E-state index is 13.7. The zero-order valence-electron chi connectivity index (χ0n) is 12.1. The summed E-state index contributed by atoms with van der Waals surface area (Å²) in [5.74, 6) is -1.45. The molecular formula is C17H18FNO2. The Labute approximate surface area is 123 Å². The summed E-state index contributed by atoms with van der Waals surface area (Å²) in [4.78, 5) is 12.2. The molecule has 110 valence electrons. The zero-order chi connectivity index (χ0) is 15.4. The summed E-state index contributed by atoms with van der Waals surface area (Å²) in [5, 5.41) is 12.0. The SMILES string of the molecule is CCc1cccc(CC)c1NC(=O)c1ccc(O)cc1F. The van der Waals surface area contributed by atoms with E-state index in [1.807, 2.05) is 32.0 Å². The van der Waals surface area contributed by atoms with Crippen LogP contribution in [0.25, 0.3) is 0 Å². The van der Waals surface area contributed by atoms with Crippen molar-refractivity contribution in [3.8, 4) is 5.75 Å². The lowest BCUT2D eigenvalue weighted by Crippen LogP contribution is -2.16. The van der Waals surface area contributed by atoms with Gasteiger partial charge in [-0.15, -0.1) is 0 Å². The van der Waals surface area contributed by atoms with Gasteiger partial charge in [0.1, 0.15) is 11.6 Å². The Morgan fingerprint density at radius 3 is 2.29 bits per heavy atom. The fraction of sp³-hybridized carbons (Fsp3) is 0.235. The maximum absolute atomic E-state index is 13.7. The summed E-state index contributed by atoms with van der Waals surface area (Å²) in [6, 6.07) is 9.35. The number of halogens is 1. The lowest BCUT2D eigenvalue weighted by atomic mass is 10.0. The van der Waals surface area contributed by atoms with Crippen molar-refractivity contribution in [1.29, 1.82) is 0 Å². The molecule has 0 atom stereocenters. The second-order valence-corrected chi connectivity index (χ2v) is 4.78. The van der Waals surface area contributed by atoms with Gasteiger partial charge in [-0.1, -0.05) is 32.0 Å². The number of rotatable bonds is 4. The summed E-state index contributed by atoms with van der Waals surface area (Å²) < 4.78 is 13.7. The van der Waals surface area contributed by atoms with Gasteiger partial charge in [0, 0.05) is 11.8 Å². The molecule has 0 heterocycles. The number of amides is 1. The zero-order valence-corrected chi connectivity index (χ0v) is 12.1.